The van der Waals surface area contributed by atoms with Gasteiger partial charge in [-0.05, 0) is 25.0 Å². The Kier molecular flexibility index (Phi) is 6.82. The van der Waals surface area contributed by atoms with E-state index in [2.05, 4.69) is 16.0 Å². The van der Waals surface area contributed by atoms with E-state index in [0.717, 1.165) is 31.4 Å². The van der Waals surface area contributed by atoms with Crippen LogP contribution in [-0.2, 0) is 24.8 Å². The maximum atomic E-state index is 12.8. The van der Waals surface area contributed by atoms with Crippen molar-refractivity contribution in [1.29, 1.82) is 0 Å². The Morgan fingerprint density at radius 2 is 1.88 bits per heavy atom. The van der Waals surface area contributed by atoms with Crippen LogP contribution in [0.2, 0.25) is 0 Å². The standard InChI is InChI=1S/C24H33N5O4S/c1-24(2,3)19-15-20(26-21(30)13-14-34(32,33)16-9-5-4-6-10-16)29(28-19)23-25-18-12-8-7-11-17(18)22(31)27-23/h4-6,9-10,15,17-18,23,25H,7-8,11-14H2,1-3H3,(H,26,30)(H,27,31). The first kappa shape index (κ1) is 24.4. The Bertz CT molecular complexity index is 1150. The summed E-state index contributed by atoms with van der Waals surface area (Å²) in [5.41, 5.74) is 0.467. The van der Waals surface area contributed by atoms with Gasteiger partial charge in [-0.1, -0.05) is 51.8 Å². The second-order valence-corrected chi connectivity index (χ2v) is 12.2. The summed E-state index contributed by atoms with van der Waals surface area (Å²) in [5.74, 6) is -0.375. The molecular formula is C24H33N5O4S. The van der Waals surface area contributed by atoms with Crippen LogP contribution in [0.5, 0.6) is 0 Å². The number of fused-ring (bicyclic) bond motifs is 1. The smallest absolute Gasteiger partial charge is 0.227 e. The van der Waals surface area contributed by atoms with Crippen LogP contribution in [0.25, 0.3) is 0 Å². The summed E-state index contributed by atoms with van der Waals surface area (Å²) in [6.45, 7) is 6.05. The maximum Gasteiger partial charge on any atom is 0.227 e. The van der Waals surface area contributed by atoms with Gasteiger partial charge < -0.3 is 10.6 Å². The summed E-state index contributed by atoms with van der Waals surface area (Å²) in [6.07, 6.45) is 3.11. The summed E-state index contributed by atoms with van der Waals surface area (Å²) in [7, 11) is -3.57. The van der Waals surface area contributed by atoms with Crippen molar-refractivity contribution in [2.75, 3.05) is 11.1 Å². The largest absolute Gasteiger partial charge is 0.322 e. The van der Waals surface area contributed by atoms with Crippen molar-refractivity contribution in [1.82, 2.24) is 20.4 Å². The van der Waals surface area contributed by atoms with Gasteiger partial charge in [0.25, 0.3) is 0 Å². The molecule has 3 atom stereocenters. The monoisotopic (exact) mass is 487 g/mol. The fourth-order valence-electron chi connectivity index (χ4n) is 4.49. The lowest BCUT2D eigenvalue weighted by Gasteiger charge is -2.40. The second-order valence-electron chi connectivity index (χ2n) is 10.1. The van der Waals surface area contributed by atoms with Crippen LogP contribution in [0.1, 0.15) is 64.9 Å². The van der Waals surface area contributed by atoms with Crippen molar-refractivity contribution < 1.29 is 18.0 Å². The molecule has 3 N–H and O–H groups in total. The Morgan fingerprint density at radius 3 is 2.59 bits per heavy atom. The number of sulfone groups is 1. The summed E-state index contributed by atoms with van der Waals surface area (Å²) in [4.78, 5) is 25.7. The summed E-state index contributed by atoms with van der Waals surface area (Å²) >= 11 is 0. The van der Waals surface area contributed by atoms with E-state index in [4.69, 9.17) is 5.10 Å². The van der Waals surface area contributed by atoms with E-state index in [0.29, 0.717) is 5.82 Å². The first-order chi connectivity index (χ1) is 16.0. The number of rotatable bonds is 6. The molecule has 2 aromatic rings. The van der Waals surface area contributed by atoms with E-state index in [1.807, 2.05) is 20.8 Å². The van der Waals surface area contributed by atoms with Gasteiger partial charge in [-0.2, -0.15) is 5.10 Å². The van der Waals surface area contributed by atoms with Gasteiger partial charge in [0.05, 0.1) is 22.3 Å². The topological polar surface area (TPSA) is 122 Å². The minimum absolute atomic E-state index is 0.00695. The number of nitrogens with one attached hydrogen (secondary N) is 3. The number of amides is 2. The molecule has 1 aliphatic carbocycles. The van der Waals surface area contributed by atoms with Crippen LogP contribution in [-0.4, -0.2) is 41.8 Å². The number of nitrogens with zero attached hydrogens (tertiary/aromatic N) is 2. The molecule has 1 aromatic carbocycles. The highest BCUT2D eigenvalue weighted by molar-refractivity contribution is 7.91. The third kappa shape index (κ3) is 5.33. The maximum absolute atomic E-state index is 12.8. The Labute approximate surface area is 200 Å². The first-order valence-corrected chi connectivity index (χ1v) is 13.4. The van der Waals surface area contributed by atoms with Crippen LogP contribution < -0.4 is 16.0 Å². The summed E-state index contributed by atoms with van der Waals surface area (Å²) in [5, 5.41) is 14.0. The van der Waals surface area contributed by atoms with Crippen molar-refractivity contribution in [2.45, 2.75) is 75.5 Å². The zero-order valence-electron chi connectivity index (χ0n) is 19.9. The Balaban J connectivity index is 1.51. The second kappa shape index (κ2) is 9.50. The molecule has 1 saturated heterocycles. The highest BCUT2D eigenvalue weighted by Gasteiger charge is 2.39. The van der Waals surface area contributed by atoms with Crippen LogP contribution >= 0.6 is 0 Å². The number of carbonyl (C=O) groups excluding carboxylic acids is 2. The molecule has 184 valence electrons. The van der Waals surface area contributed by atoms with Gasteiger partial charge in [-0.25, -0.2) is 13.1 Å². The highest BCUT2D eigenvalue weighted by Crippen LogP contribution is 2.31. The lowest BCUT2D eigenvalue weighted by Crippen LogP contribution is -2.59. The van der Waals surface area contributed by atoms with Gasteiger partial charge >= 0.3 is 0 Å². The van der Waals surface area contributed by atoms with Gasteiger partial charge in [-0.3, -0.25) is 14.9 Å². The van der Waals surface area contributed by atoms with Crippen LogP contribution in [0.15, 0.2) is 41.3 Å². The molecule has 9 nitrogen and oxygen atoms in total. The molecule has 2 heterocycles. The predicted molar refractivity (Wildman–Crippen MR) is 129 cm³/mol. The van der Waals surface area contributed by atoms with Crippen LogP contribution in [0.3, 0.4) is 0 Å². The molecule has 2 fully saturated rings. The SMILES string of the molecule is CC(C)(C)c1cc(NC(=O)CCS(=O)(=O)c2ccccc2)n(C2NC(=O)C3CCCCC3N2)n1. The molecule has 3 unspecified atom stereocenters. The number of anilines is 1. The number of hydrogen-bond acceptors (Lipinski definition) is 6. The molecule has 0 radical (unpaired) electrons. The molecule has 1 aromatic heterocycles. The summed E-state index contributed by atoms with van der Waals surface area (Å²) < 4.78 is 26.7. The van der Waals surface area contributed by atoms with E-state index >= 15 is 0 Å². The van der Waals surface area contributed by atoms with E-state index in [1.165, 1.54) is 12.1 Å². The third-order valence-electron chi connectivity index (χ3n) is 6.47. The zero-order valence-corrected chi connectivity index (χ0v) is 20.7. The molecule has 1 saturated carbocycles. The van der Waals surface area contributed by atoms with E-state index < -0.39 is 22.0 Å². The fourth-order valence-corrected chi connectivity index (χ4v) is 5.75. The van der Waals surface area contributed by atoms with Crippen LogP contribution in [0, 0.1) is 5.92 Å². The molecule has 4 rings (SSSR count). The van der Waals surface area contributed by atoms with Crippen LogP contribution in [0.4, 0.5) is 5.82 Å². The highest BCUT2D eigenvalue weighted by atomic mass is 32.2. The minimum Gasteiger partial charge on any atom is -0.322 e. The zero-order chi connectivity index (χ0) is 24.5. The molecule has 2 amide bonds. The van der Waals surface area contributed by atoms with Crippen molar-refractivity contribution in [3.05, 3.63) is 42.1 Å². The normalized spacial score (nSPS) is 23.1. The Hall–Kier alpha value is -2.72. The number of benzene rings is 1. The lowest BCUT2D eigenvalue weighted by molar-refractivity contribution is -0.132. The van der Waals surface area contributed by atoms with E-state index in [1.54, 1.807) is 28.9 Å². The molecule has 0 bridgehead atoms. The average Bonchev–Trinajstić information content (AvgIpc) is 3.23. The molecule has 10 heteroatoms. The predicted octanol–water partition coefficient (Wildman–Crippen LogP) is 2.72. The molecular weight excluding hydrogens is 454 g/mol. The number of carbonyl (C=O) groups is 2. The van der Waals surface area contributed by atoms with Crippen molar-refractivity contribution in [2.24, 2.45) is 5.92 Å². The quantitative estimate of drug-likeness (QED) is 0.576. The van der Waals surface area contributed by atoms with Gasteiger partial charge in [0, 0.05) is 23.9 Å². The fraction of sp³-hybridized carbons (Fsp3) is 0.542. The lowest BCUT2D eigenvalue weighted by atomic mass is 9.83. The van der Waals surface area contributed by atoms with Gasteiger partial charge in [0.1, 0.15) is 5.82 Å². The molecule has 0 spiro atoms. The molecule has 2 aliphatic rings. The van der Waals surface area contributed by atoms with E-state index in [-0.39, 0.29) is 40.4 Å². The van der Waals surface area contributed by atoms with Crippen molar-refractivity contribution >= 4 is 27.5 Å². The van der Waals surface area contributed by atoms with Gasteiger partial charge in [0.15, 0.2) is 16.1 Å². The third-order valence-corrected chi connectivity index (χ3v) is 8.20. The van der Waals surface area contributed by atoms with E-state index in [9.17, 15) is 18.0 Å². The molecule has 34 heavy (non-hydrogen) atoms. The minimum atomic E-state index is -3.57. The van der Waals surface area contributed by atoms with Gasteiger partial charge in [-0.15, -0.1) is 0 Å². The summed E-state index contributed by atoms with van der Waals surface area (Å²) in [6, 6.07) is 9.94. The van der Waals surface area contributed by atoms with Gasteiger partial charge in [0.2, 0.25) is 11.8 Å². The Morgan fingerprint density at radius 1 is 1.18 bits per heavy atom. The average molecular weight is 488 g/mol. The first-order valence-electron chi connectivity index (χ1n) is 11.8. The molecule has 1 aliphatic heterocycles. The van der Waals surface area contributed by atoms with Crippen molar-refractivity contribution in [3.63, 3.8) is 0 Å². The van der Waals surface area contributed by atoms with Crippen molar-refractivity contribution in [3.8, 4) is 0 Å². The number of aromatic nitrogens is 2. The number of hydrogen-bond donors (Lipinski definition) is 3.